The number of pyridine rings is 6. The van der Waals surface area contributed by atoms with Crippen LogP contribution in [0.4, 0.5) is 0 Å². The number of rotatable bonds is 6. The number of aryl methyl sites for hydroxylation is 12. The van der Waals surface area contributed by atoms with Gasteiger partial charge in [0.1, 0.15) is 64.2 Å². The number of aromatic nitrogens is 10. The molecule has 11 heteroatoms. The van der Waals surface area contributed by atoms with Gasteiger partial charge >= 0.3 is 0 Å². The highest BCUT2D eigenvalue weighted by Crippen LogP contribution is 2.28. The van der Waals surface area contributed by atoms with Gasteiger partial charge in [-0.25, -0.2) is 4.57 Å². The van der Waals surface area contributed by atoms with Crippen molar-refractivity contribution < 1.29 is 27.4 Å². The van der Waals surface area contributed by atoms with Gasteiger partial charge < -0.3 is 9.13 Å². The summed E-state index contributed by atoms with van der Waals surface area (Å²) < 4.78 is 19.2. The molecule has 0 N–H and O–H groups in total. The van der Waals surface area contributed by atoms with E-state index in [1.54, 1.807) is 11.3 Å². The minimum absolute atomic E-state index is 1.13. The lowest BCUT2D eigenvalue weighted by molar-refractivity contribution is -0.660. The maximum absolute atomic E-state index is 4.14. The molecule has 0 spiro atoms. The van der Waals surface area contributed by atoms with Gasteiger partial charge in [0, 0.05) is 140 Å². The molecule has 10 heterocycles. The Kier molecular flexibility index (Phi) is 21.1. The van der Waals surface area contributed by atoms with E-state index in [0.717, 1.165) is 5.69 Å². The van der Waals surface area contributed by atoms with Gasteiger partial charge in [-0.3, -0.25) is 4.68 Å². The van der Waals surface area contributed by atoms with Gasteiger partial charge in [-0.15, -0.1) is 11.3 Å². The Morgan fingerprint density at radius 1 is 0.315 bits per heavy atom. The fourth-order valence-corrected chi connectivity index (χ4v) is 12.6. The fraction of sp³-hybridized carbons (Fsp3) is 0.148. The molecule has 0 atom stereocenters. The highest BCUT2D eigenvalue weighted by atomic mass is 32.1. The third-order valence-corrected chi connectivity index (χ3v) is 17.9. The monoisotopic (exact) mass is 1230 g/mol. The van der Waals surface area contributed by atoms with Crippen molar-refractivity contribution >= 4 is 44.0 Å². The van der Waals surface area contributed by atoms with Gasteiger partial charge in [-0.05, 0) is 146 Å². The zero-order valence-electron chi connectivity index (χ0n) is 55.1. The molecule has 92 heavy (non-hydrogen) atoms. The predicted molar refractivity (Wildman–Crippen MR) is 378 cm³/mol. The fourth-order valence-electron chi connectivity index (χ4n) is 11.6. The first-order valence-corrected chi connectivity index (χ1v) is 31.9. The molecule has 0 aliphatic heterocycles. The molecular weight excluding hydrogens is 1150 g/mol. The lowest BCUT2D eigenvalue weighted by atomic mass is 10.0. The summed E-state index contributed by atoms with van der Waals surface area (Å²) in [5.74, 6) is 0. The summed E-state index contributed by atoms with van der Waals surface area (Å²) in [6.07, 6.45) is 12.1. The molecular formula is C81H84N10S+6. The third-order valence-electron chi connectivity index (χ3n) is 16.8. The molecule has 15 aromatic rings. The second-order valence-corrected chi connectivity index (χ2v) is 23.9. The minimum Gasteiger partial charge on any atom is -0.346 e. The Morgan fingerprint density at radius 2 is 0.707 bits per heavy atom. The molecule has 0 saturated carbocycles. The van der Waals surface area contributed by atoms with Gasteiger partial charge in [0.2, 0.25) is 50.7 Å². The second-order valence-electron chi connectivity index (χ2n) is 23.0. The van der Waals surface area contributed by atoms with Crippen molar-refractivity contribution in [3.63, 3.8) is 0 Å². The topological polar surface area (TPSA) is 51.0 Å². The van der Waals surface area contributed by atoms with Crippen LogP contribution >= 0.6 is 11.3 Å². The molecule has 0 aliphatic carbocycles. The molecule has 0 bridgehead atoms. The molecule has 0 aliphatic rings. The van der Waals surface area contributed by atoms with Crippen molar-refractivity contribution in [2.45, 2.75) is 20.8 Å². The normalized spacial score (nSPS) is 10.6. The summed E-state index contributed by atoms with van der Waals surface area (Å²) in [5.41, 5.74) is 21.4. The van der Waals surface area contributed by atoms with E-state index in [4.69, 9.17) is 0 Å². The third kappa shape index (κ3) is 14.9. The standard InChI is InChI=1S/C17H16N.C15H15N2.C15H14NS.C13H14N.C11H13N2.C10H12N3/c1-13-7-3-5-9-15(13)17-12-11-14-8-4-6-10-16(14)18(17)2;1-16-11-5-8-14(16)15-10-9-12-6-3-4-7-13(12)17(15)2;1-11-9-10-17-15(11)14-8-7-12-5-3-4-6-13(12)16(14)2;1-11-7-3-4-8-12(11)13-9-5-6-10-14(13)2;1-12-8-4-3-6-10(12)11-7-5-9-13(11)2;1-12-8-4-3-5-9(12)10-6-7-11-13(10)2/h3-12H,1-2H3;3-11H,1-2H3;3-10H,1-2H3;3-10H,1-2H3;3-9H,1-2H3;3-8H,1-2H3/q6*+1. The summed E-state index contributed by atoms with van der Waals surface area (Å²) in [5, 5.41) is 10.1. The number of nitrogens with zero attached hydrogens (tertiary/aromatic N) is 10. The predicted octanol–water partition coefficient (Wildman–Crippen LogP) is 14.9. The number of fused-ring (bicyclic) bond motifs is 3. The first-order valence-electron chi connectivity index (χ1n) is 31.0. The molecule has 5 aromatic carbocycles. The maximum Gasteiger partial charge on any atom is 0.230 e. The van der Waals surface area contributed by atoms with Crippen LogP contribution in [0.1, 0.15) is 16.7 Å². The van der Waals surface area contributed by atoms with E-state index < -0.39 is 0 Å². The number of hydrogen-bond acceptors (Lipinski definition) is 2. The molecule has 0 amide bonds. The average molecular weight is 1230 g/mol. The average Bonchev–Trinajstić information content (AvgIpc) is 1.60. The summed E-state index contributed by atoms with van der Waals surface area (Å²) in [6.45, 7) is 6.47. The molecule has 10 aromatic heterocycles. The Labute approximate surface area is 546 Å². The molecule has 0 saturated heterocycles. The van der Waals surface area contributed by atoms with Crippen LogP contribution in [0.5, 0.6) is 0 Å². The lowest BCUT2D eigenvalue weighted by Gasteiger charge is -2.05. The quantitative estimate of drug-likeness (QED) is 0.153. The van der Waals surface area contributed by atoms with Gasteiger partial charge in [-0.1, -0.05) is 72.8 Å². The van der Waals surface area contributed by atoms with Crippen LogP contribution in [0, 0.1) is 20.8 Å². The zero-order chi connectivity index (χ0) is 64.7. The Bertz CT molecular complexity index is 4700. The van der Waals surface area contributed by atoms with Crippen molar-refractivity contribution in [2.24, 2.45) is 63.4 Å². The summed E-state index contributed by atoms with van der Waals surface area (Å²) in [4.78, 5) is 1.36. The van der Waals surface area contributed by atoms with E-state index in [0.29, 0.717) is 0 Å². The van der Waals surface area contributed by atoms with Crippen LogP contribution in [-0.4, -0.2) is 18.9 Å². The van der Waals surface area contributed by atoms with E-state index in [1.165, 1.54) is 111 Å². The first kappa shape index (κ1) is 64.2. The number of para-hydroxylation sites is 3. The van der Waals surface area contributed by atoms with E-state index in [1.807, 2.05) is 61.5 Å². The zero-order valence-corrected chi connectivity index (χ0v) is 55.9. The Morgan fingerprint density at radius 3 is 1.14 bits per heavy atom. The van der Waals surface area contributed by atoms with Gasteiger partial charge in [0.25, 0.3) is 0 Å². The summed E-state index contributed by atoms with van der Waals surface area (Å²) in [6, 6.07) is 86.7. The van der Waals surface area contributed by atoms with E-state index >= 15 is 0 Å². The molecule has 0 unspecified atom stereocenters. The van der Waals surface area contributed by atoms with Crippen molar-refractivity contribution in [3.05, 3.63) is 308 Å². The van der Waals surface area contributed by atoms with Crippen molar-refractivity contribution in [1.82, 2.24) is 18.9 Å². The van der Waals surface area contributed by atoms with Crippen molar-refractivity contribution in [3.8, 4) is 67.2 Å². The highest BCUT2D eigenvalue weighted by molar-refractivity contribution is 7.13. The lowest BCUT2D eigenvalue weighted by Crippen LogP contribution is -2.32. The SMILES string of the molecule is Cc1ccccc1-c1ccc2ccccc2[n+]1C.Cc1ccccc1-c1cccc[n+]1C.Cc1ccsc1-c1ccc2ccccc2[n+]1C.Cn1cccc1-c1ccc2ccccc2[n+]1C.Cn1cccc1-c1cccc[n+]1C.Cn1nccc1-c1cccc[n+]1C. The van der Waals surface area contributed by atoms with Gasteiger partial charge in [0.15, 0.2) is 18.6 Å². The molecule has 15 rings (SSSR count). The van der Waals surface area contributed by atoms with Gasteiger partial charge in [-0.2, -0.15) is 27.9 Å². The largest absolute Gasteiger partial charge is 0.346 e. The van der Waals surface area contributed by atoms with Gasteiger partial charge in [0.05, 0.1) is 0 Å². The summed E-state index contributed by atoms with van der Waals surface area (Å²) >= 11 is 1.80. The highest BCUT2D eigenvalue weighted by Gasteiger charge is 2.19. The molecule has 10 nitrogen and oxygen atoms in total. The van der Waals surface area contributed by atoms with Crippen LogP contribution in [-0.2, 0) is 63.4 Å². The smallest absolute Gasteiger partial charge is 0.230 e. The van der Waals surface area contributed by atoms with Crippen LogP contribution in [0.2, 0.25) is 0 Å². The molecule has 458 valence electrons. The van der Waals surface area contributed by atoms with Crippen LogP contribution in [0.25, 0.3) is 100.0 Å². The Balaban J connectivity index is 0.000000122. The minimum atomic E-state index is 1.13. The number of hydrogen-bond donors (Lipinski definition) is 0. The van der Waals surface area contributed by atoms with E-state index in [9.17, 15) is 0 Å². The molecule has 0 fully saturated rings. The van der Waals surface area contributed by atoms with Crippen LogP contribution in [0.3, 0.4) is 0 Å². The van der Waals surface area contributed by atoms with E-state index in [-0.39, 0.29) is 0 Å². The first-order chi connectivity index (χ1) is 44.7. The Hall–Kier alpha value is -10.8. The van der Waals surface area contributed by atoms with Crippen LogP contribution < -0.4 is 27.4 Å². The number of benzene rings is 5. The maximum atomic E-state index is 4.14. The van der Waals surface area contributed by atoms with E-state index in [2.05, 4.69) is 360 Å². The summed E-state index contributed by atoms with van der Waals surface area (Å²) in [7, 11) is 18.6. The second kappa shape index (κ2) is 30.2. The number of thiophene rings is 1. The molecule has 0 radical (unpaired) electrons. The van der Waals surface area contributed by atoms with Crippen molar-refractivity contribution in [1.29, 1.82) is 0 Å². The van der Waals surface area contributed by atoms with Crippen LogP contribution in [0.15, 0.2) is 291 Å². The van der Waals surface area contributed by atoms with Crippen molar-refractivity contribution in [2.75, 3.05) is 0 Å².